The summed E-state index contributed by atoms with van der Waals surface area (Å²) >= 11 is 2.97. The van der Waals surface area contributed by atoms with Gasteiger partial charge in [0.2, 0.25) is 0 Å². The lowest BCUT2D eigenvalue weighted by Crippen LogP contribution is -2.22. The van der Waals surface area contributed by atoms with Gasteiger partial charge in [0.05, 0.1) is 27.2 Å². The van der Waals surface area contributed by atoms with E-state index >= 15 is 0 Å². The number of thiophene rings is 1. The van der Waals surface area contributed by atoms with E-state index in [0.29, 0.717) is 33.5 Å². The van der Waals surface area contributed by atoms with Crippen LogP contribution < -0.4 is 5.56 Å². The molecule has 0 N–H and O–H groups in total. The van der Waals surface area contributed by atoms with Crippen LogP contribution >= 0.6 is 23.1 Å². The summed E-state index contributed by atoms with van der Waals surface area (Å²) in [6, 6.07) is 17.3. The first-order valence-electron chi connectivity index (χ1n) is 9.69. The minimum absolute atomic E-state index is 0.0903. The van der Waals surface area contributed by atoms with Crippen molar-refractivity contribution in [1.29, 1.82) is 0 Å². The highest BCUT2D eigenvalue weighted by Gasteiger charge is 2.17. The Morgan fingerprint density at radius 1 is 1.06 bits per heavy atom. The number of aromatic nitrogens is 4. The number of nitrogens with zero attached hydrogens (tertiary/aromatic N) is 4. The molecular weight excluding hydrogens is 428 g/mol. The largest absolute Gasteiger partial charge is 0.333 e. The highest BCUT2D eigenvalue weighted by atomic mass is 32.2. The zero-order chi connectivity index (χ0) is 21.4. The second-order valence-electron chi connectivity index (χ2n) is 7.12. The lowest BCUT2D eigenvalue weighted by molar-refractivity contribution is 0.426. The quantitative estimate of drug-likeness (QED) is 0.266. The van der Waals surface area contributed by atoms with E-state index in [2.05, 4.69) is 16.2 Å². The van der Waals surface area contributed by atoms with Crippen LogP contribution in [0.2, 0.25) is 0 Å². The van der Waals surface area contributed by atoms with Crippen LogP contribution in [0.1, 0.15) is 17.0 Å². The lowest BCUT2D eigenvalue weighted by atomic mass is 10.1. The van der Waals surface area contributed by atoms with Crippen molar-refractivity contribution in [2.45, 2.75) is 24.8 Å². The SMILES string of the molecule is Cc1ccc(-n2c(SCc3noc(-c4cccs4)n3)nc3ccccc3c2=O)c(C)c1. The van der Waals surface area contributed by atoms with Crippen LogP contribution in [0.15, 0.2) is 74.5 Å². The maximum Gasteiger partial charge on any atom is 0.268 e. The number of aryl methyl sites for hydroxylation is 2. The second-order valence-corrected chi connectivity index (χ2v) is 9.01. The van der Waals surface area contributed by atoms with Crippen molar-refractivity contribution in [2.75, 3.05) is 0 Å². The van der Waals surface area contributed by atoms with Crippen LogP contribution in [0.5, 0.6) is 0 Å². The predicted molar refractivity (Wildman–Crippen MR) is 124 cm³/mol. The molecule has 0 aliphatic rings. The molecule has 0 saturated carbocycles. The molecule has 0 spiro atoms. The van der Waals surface area contributed by atoms with Crippen molar-refractivity contribution >= 4 is 34.0 Å². The van der Waals surface area contributed by atoms with E-state index in [1.165, 1.54) is 11.8 Å². The number of thioether (sulfide) groups is 1. The Bertz CT molecular complexity index is 1440. The zero-order valence-electron chi connectivity index (χ0n) is 16.9. The molecule has 0 aliphatic carbocycles. The summed E-state index contributed by atoms with van der Waals surface area (Å²) in [5.41, 5.74) is 3.56. The molecule has 3 heterocycles. The molecule has 0 saturated heterocycles. The summed E-state index contributed by atoms with van der Waals surface area (Å²) in [7, 11) is 0. The van der Waals surface area contributed by atoms with Crippen LogP contribution in [0.4, 0.5) is 0 Å². The maximum absolute atomic E-state index is 13.4. The molecule has 6 nitrogen and oxygen atoms in total. The average molecular weight is 447 g/mol. The molecule has 2 aromatic carbocycles. The van der Waals surface area contributed by atoms with Crippen LogP contribution in [0, 0.1) is 13.8 Å². The van der Waals surface area contributed by atoms with Crippen molar-refractivity contribution in [3.8, 4) is 16.5 Å². The van der Waals surface area contributed by atoms with Gasteiger partial charge in [-0.1, -0.05) is 52.8 Å². The van der Waals surface area contributed by atoms with E-state index in [-0.39, 0.29) is 5.56 Å². The second kappa shape index (κ2) is 8.13. The third-order valence-electron chi connectivity index (χ3n) is 4.87. The van der Waals surface area contributed by atoms with E-state index in [4.69, 9.17) is 9.51 Å². The summed E-state index contributed by atoms with van der Waals surface area (Å²) in [6.07, 6.45) is 0. The number of para-hydroxylation sites is 1. The van der Waals surface area contributed by atoms with E-state index < -0.39 is 0 Å². The molecule has 154 valence electrons. The van der Waals surface area contributed by atoms with Crippen molar-refractivity contribution in [1.82, 2.24) is 19.7 Å². The summed E-state index contributed by atoms with van der Waals surface area (Å²) in [5, 5.41) is 7.24. The molecule has 0 bridgehead atoms. The Morgan fingerprint density at radius 2 is 1.94 bits per heavy atom. The number of hydrogen-bond donors (Lipinski definition) is 0. The van der Waals surface area contributed by atoms with Gasteiger partial charge in [-0.05, 0) is 49.1 Å². The Kier molecular flexibility index (Phi) is 5.17. The van der Waals surface area contributed by atoms with Gasteiger partial charge in [-0.25, -0.2) is 4.98 Å². The Labute approximate surface area is 186 Å². The van der Waals surface area contributed by atoms with Crippen LogP contribution in [-0.2, 0) is 5.75 Å². The van der Waals surface area contributed by atoms with Gasteiger partial charge in [-0.15, -0.1) is 11.3 Å². The van der Waals surface area contributed by atoms with E-state index in [9.17, 15) is 4.79 Å². The maximum atomic E-state index is 13.4. The molecule has 5 rings (SSSR count). The Morgan fingerprint density at radius 3 is 2.74 bits per heavy atom. The number of rotatable bonds is 5. The molecule has 5 aromatic rings. The Hall–Kier alpha value is -3.23. The third kappa shape index (κ3) is 3.80. The smallest absolute Gasteiger partial charge is 0.268 e. The van der Waals surface area contributed by atoms with Crippen molar-refractivity contribution < 1.29 is 4.52 Å². The van der Waals surface area contributed by atoms with Gasteiger partial charge >= 0.3 is 0 Å². The molecule has 8 heteroatoms. The molecule has 0 unspecified atom stereocenters. The topological polar surface area (TPSA) is 73.8 Å². The monoisotopic (exact) mass is 446 g/mol. The number of hydrogen-bond acceptors (Lipinski definition) is 7. The minimum Gasteiger partial charge on any atom is -0.333 e. The predicted octanol–water partition coefficient (Wildman–Crippen LogP) is 5.41. The van der Waals surface area contributed by atoms with Gasteiger partial charge in [-0.3, -0.25) is 9.36 Å². The van der Waals surface area contributed by atoms with Gasteiger partial charge in [-0.2, -0.15) is 4.98 Å². The Balaban J connectivity index is 1.56. The molecular formula is C23H18N4O2S2. The minimum atomic E-state index is -0.0903. The van der Waals surface area contributed by atoms with E-state index in [1.54, 1.807) is 15.9 Å². The first-order chi connectivity index (χ1) is 15.1. The van der Waals surface area contributed by atoms with Crippen LogP contribution in [0.25, 0.3) is 27.4 Å². The van der Waals surface area contributed by atoms with Gasteiger partial charge in [0.25, 0.3) is 11.4 Å². The van der Waals surface area contributed by atoms with Crippen molar-refractivity contribution in [2.24, 2.45) is 0 Å². The van der Waals surface area contributed by atoms with Crippen LogP contribution in [0.3, 0.4) is 0 Å². The molecule has 3 aromatic heterocycles. The molecule has 31 heavy (non-hydrogen) atoms. The fourth-order valence-electron chi connectivity index (χ4n) is 3.42. The van der Waals surface area contributed by atoms with Gasteiger partial charge in [0, 0.05) is 0 Å². The number of benzene rings is 2. The third-order valence-corrected chi connectivity index (χ3v) is 6.66. The molecule has 0 radical (unpaired) electrons. The molecule has 0 atom stereocenters. The highest BCUT2D eigenvalue weighted by Crippen LogP contribution is 2.27. The highest BCUT2D eigenvalue weighted by molar-refractivity contribution is 7.98. The summed E-state index contributed by atoms with van der Waals surface area (Å²) in [4.78, 5) is 23.6. The molecule has 0 fully saturated rings. The van der Waals surface area contributed by atoms with E-state index in [0.717, 1.165) is 21.7 Å². The number of fused-ring (bicyclic) bond motifs is 1. The van der Waals surface area contributed by atoms with Gasteiger partial charge < -0.3 is 4.52 Å². The average Bonchev–Trinajstić information content (AvgIpc) is 3.45. The molecule has 0 amide bonds. The fraction of sp³-hybridized carbons (Fsp3) is 0.130. The zero-order valence-corrected chi connectivity index (χ0v) is 18.5. The van der Waals surface area contributed by atoms with E-state index in [1.807, 2.05) is 67.8 Å². The normalized spacial score (nSPS) is 11.3. The first-order valence-corrected chi connectivity index (χ1v) is 11.6. The lowest BCUT2D eigenvalue weighted by Gasteiger charge is -2.15. The van der Waals surface area contributed by atoms with Gasteiger partial charge in [0.15, 0.2) is 11.0 Å². The first kappa shape index (κ1) is 19.7. The molecule has 0 aliphatic heterocycles. The van der Waals surface area contributed by atoms with Crippen LogP contribution in [-0.4, -0.2) is 19.7 Å². The van der Waals surface area contributed by atoms with Crippen molar-refractivity contribution in [3.05, 3.63) is 87.3 Å². The summed E-state index contributed by atoms with van der Waals surface area (Å²) in [5.74, 6) is 1.50. The van der Waals surface area contributed by atoms with Gasteiger partial charge in [0.1, 0.15) is 0 Å². The fourth-order valence-corrected chi connectivity index (χ4v) is 4.91. The van der Waals surface area contributed by atoms with Crippen molar-refractivity contribution in [3.63, 3.8) is 0 Å². The standard InChI is InChI=1S/C23H18N4O2S2/c1-14-9-10-18(15(2)12-14)27-22(28)16-6-3-4-7-17(16)24-23(27)31-13-20-25-21(29-26-20)19-8-5-11-30-19/h3-12H,13H2,1-2H3. The summed E-state index contributed by atoms with van der Waals surface area (Å²) in [6.45, 7) is 4.04. The summed E-state index contributed by atoms with van der Waals surface area (Å²) < 4.78 is 7.07.